The summed E-state index contributed by atoms with van der Waals surface area (Å²) >= 11 is 0. The summed E-state index contributed by atoms with van der Waals surface area (Å²) in [6.45, 7) is 16.0. The fraction of sp³-hybridized carbons (Fsp3) is 1.00. The van der Waals surface area contributed by atoms with Gasteiger partial charge < -0.3 is 10.8 Å². The highest BCUT2D eigenvalue weighted by atomic mass is 19.1. The molecule has 20 heavy (non-hydrogen) atoms. The number of hydrogen-bond acceptors (Lipinski definition) is 2. The Labute approximate surface area is 127 Å². The smallest absolute Gasteiger partial charge is 0.110 e. The zero-order chi connectivity index (χ0) is 16.8. The van der Waals surface area contributed by atoms with Gasteiger partial charge in [0.2, 0.25) is 0 Å². The molecule has 0 aromatic rings. The quantitative estimate of drug-likeness (QED) is 0.653. The van der Waals surface area contributed by atoms with E-state index in [1.54, 1.807) is 0 Å². The largest absolute Gasteiger partial charge is 0.394 e. The second kappa shape index (κ2) is 13.8. The van der Waals surface area contributed by atoms with E-state index in [9.17, 15) is 4.39 Å². The first-order chi connectivity index (χ1) is 9.25. The van der Waals surface area contributed by atoms with Crippen LogP contribution in [0.25, 0.3) is 0 Å². The Bertz CT molecular complexity index is 186. The van der Waals surface area contributed by atoms with Crippen molar-refractivity contribution in [3.8, 4) is 0 Å². The molecule has 0 aliphatic heterocycles. The van der Waals surface area contributed by atoms with Crippen molar-refractivity contribution < 1.29 is 9.50 Å². The summed E-state index contributed by atoms with van der Waals surface area (Å²) < 4.78 is 12.5. The van der Waals surface area contributed by atoms with Crippen LogP contribution in [0.1, 0.15) is 81.1 Å². The number of alkyl halides is 1. The molecule has 0 fully saturated rings. The van der Waals surface area contributed by atoms with E-state index in [2.05, 4.69) is 27.7 Å². The van der Waals surface area contributed by atoms with Gasteiger partial charge in [0.25, 0.3) is 0 Å². The van der Waals surface area contributed by atoms with E-state index >= 15 is 0 Å². The number of nitrogens with two attached hydrogens (primary N) is 1. The topological polar surface area (TPSA) is 46.2 Å². The van der Waals surface area contributed by atoms with Gasteiger partial charge in [0.1, 0.15) is 6.67 Å². The molecule has 0 heterocycles. The molecule has 0 spiro atoms. The van der Waals surface area contributed by atoms with Gasteiger partial charge in [-0.05, 0) is 17.8 Å². The molecule has 3 heteroatoms. The number of aliphatic hydroxyl groups is 1. The molecule has 0 radical (unpaired) electrons. The molecular formula is C17H40FNO. The number of halogens is 1. The van der Waals surface area contributed by atoms with Crippen LogP contribution in [0.5, 0.6) is 0 Å². The van der Waals surface area contributed by atoms with Gasteiger partial charge in [0.15, 0.2) is 0 Å². The monoisotopic (exact) mass is 293 g/mol. The summed E-state index contributed by atoms with van der Waals surface area (Å²) in [6, 6.07) is 0. The molecule has 2 nitrogen and oxygen atoms in total. The van der Waals surface area contributed by atoms with Crippen LogP contribution in [0.2, 0.25) is 0 Å². The normalized spacial score (nSPS) is 15.2. The Kier molecular flexibility index (Phi) is 17.2. The zero-order valence-electron chi connectivity index (χ0n) is 15.2. The van der Waals surface area contributed by atoms with Crippen LogP contribution in [0.4, 0.5) is 4.39 Å². The fourth-order valence-corrected chi connectivity index (χ4v) is 1.55. The third-order valence-electron chi connectivity index (χ3n) is 3.62. The minimum atomic E-state index is -1.01. The molecule has 0 aromatic carbocycles. The maximum atomic E-state index is 12.5. The number of rotatable bonds is 7. The summed E-state index contributed by atoms with van der Waals surface area (Å²) in [6.07, 6.45) is 3.65. The zero-order valence-corrected chi connectivity index (χ0v) is 15.2. The van der Waals surface area contributed by atoms with Crippen molar-refractivity contribution in [2.45, 2.75) is 86.6 Å². The van der Waals surface area contributed by atoms with Crippen molar-refractivity contribution in [3.63, 3.8) is 0 Å². The van der Waals surface area contributed by atoms with Crippen LogP contribution in [0, 0.1) is 11.3 Å². The molecule has 3 N–H and O–H groups in total. The molecule has 0 saturated heterocycles. The molecular weight excluding hydrogens is 253 g/mol. The highest BCUT2D eigenvalue weighted by Crippen LogP contribution is 2.29. The van der Waals surface area contributed by atoms with Gasteiger partial charge in [-0.3, -0.25) is 0 Å². The Morgan fingerprint density at radius 1 is 1.05 bits per heavy atom. The average Bonchev–Trinajstić information content (AvgIpc) is 2.46. The number of unbranched alkanes of at least 4 members (excludes halogenated alkanes) is 1. The number of hydrogen-bond donors (Lipinski definition) is 2. The first-order valence-electron chi connectivity index (χ1n) is 8.21. The van der Waals surface area contributed by atoms with Crippen molar-refractivity contribution in [3.05, 3.63) is 0 Å². The third kappa shape index (κ3) is 12.9. The van der Waals surface area contributed by atoms with E-state index in [1.165, 1.54) is 0 Å². The van der Waals surface area contributed by atoms with Crippen LogP contribution in [-0.2, 0) is 0 Å². The van der Waals surface area contributed by atoms with E-state index in [1.807, 2.05) is 27.7 Å². The molecule has 126 valence electrons. The van der Waals surface area contributed by atoms with Crippen LogP contribution in [-0.4, -0.2) is 23.9 Å². The van der Waals surface area contributed by atoms with E-state index < -0.39 is 12.2 Å². The van der Waals surface area contributed by atoms with E-state index in [0.29, 0.717) is 17.8 Å². The van der Waals surface area contributed by atoms with Gasteiger partial charge in [-0.2, -0.15) is 0 Å². The molecule has 0 rings (SSSR count). The fourth-order valence-electron chi connectivity index (χ4n) is 1.55. The van der Waals surface area contributed by atoms with Gasteiger partial charge >= 0.3 is 0 Å². The summed E-state index contributed by atoms with van der Waals surface area (Å²) in [5.41, 5.74) is 5.00. The first kappa shape index (κ1) is 24.8. The van der Waals surface area contributed by atoms with Gasteiger partial charge in [0.05, 0.1) is 12.1 Å². The number of aliphatic hydroxyl groups excluding tert-OH is 1. The molecule has 0 bridgehead atoms. The van der Waals surface area contributed by atoms with Crippen molar-refractivity contribution in [2.24, 2.45) is 17.1 Å². The highest BCUT2D eigenvalue weighted by molar-refractivity contribution is 4.82. The Morgan fingerprint density at radius 3 is 1.80 bits per heavy atom. The summed E-state index contributed by atoms with van der Waals surface area (Å²) in [5, 5.41) is 8.96. The molecule has 2 unspecified atom stereocenters. The highest BCUT2D eigenvalue weighted by Gasteiger charge is 2.24. The average molecular weight is 294 g/mol. The maximum Gasteiger partial charge on any atom is 0.110 e. The second-order valence-corrected chi connectivity index (χ2v) is 6.17. The first-order valence-corrected chi connectivity index (χ1v) is 8.21. The van der Waals surface area contributed by atoms with E-state index in [4.69, 9.17) is 10.8 Å². The molecule has 0 aliphatic rings. The Balaban J connectivity index is -0.000000656. The van der Waals surface area contributed by atoms with Crippen molar-refractivity contribution in [2.75, 3.05) is 13.3 Å². The minimum Gasteiger partial charge on any atom is -0.394 e. The van der Waals surface area contributed by atoms with Gasteiger partial charge in [-0.25, -0.2) is 4.39 Å². The lowest BCUT2D eigenvalue weighted by molar-refractivity contribution is 0.152. The second-order valence-electron chi connectivity index (χ2n) is 6.17. The van der Waals surface area contributed by atoms with Gasteiger partial charge in [0, 0.05) is 0 Å². The SMILES string of the molecule is CC.CC.CC(CCCCC(N)(CO)CF)C(C)(C)C. The molecule has 0 saturated carbocycles. The predicted molar refractivity (Wildman–Crippen MR) is 89.8 cm³/mol. The molecule has 0 aliphatic carbocycles. The maximum absolute atomic E-state index is 12.5. The van der Waals surface area contributed by atoms with Crippen molar-refractivity contribution in [1.29, 1.82) is 0 Å². The summed E-state index contributed by atoms with van der Waals surface area (Å²) in [5.74, 6) is 0.652. The molecule has 0 amide bonds. The van der Waals surface area contributed by atoms with Crippen LogP contribution in [0.15, 0.2) is 0 Å². The van der Waals surface area contributed by atoms with Gasteiger partial charge in [-0.1, -0.05) is 74.7 Å². The lowest BCUT2D eigenvalue weighted by atomic mass is 9.79. The Morgan fingerprint density at radius 2 is 1.50 bits per heavy atom. The van der Waals surface area contributed by atoms with Crippen molar-refractivity contribution >= 4 is 0 Å². The lowest BCUT2D eigenvalue weighted by Crippen LogP contribution is -2.45. The Hall–Kier alpha value is -0.150. The molecule has 2 atom stereocenters. The molecule has 0 aromatic heterocycles. The van der Waals surface area contributed by atoms with Crippen LogP contribution >= 0.6 is 0 Å². The third-order valence-corrected chi connectivity index (χ3v) is 3.62. The van der Waals surface area contributed by atoms with E-state index in [0.717, 1.165) is 19.3 Å². The standard InChI is InChI=1S/C13H28FNO.2C2H6/c1-11(12(2,3)4)7-5-6-8-13(15,9-14)10-16;2*1-2/h11,16H,5-10,15H2,1-4H3;2*1-2H3. The van der Waals surface area contributed by atoms with E-state index in [-0.39, 0.29) is 6.61 Å². The summed E-state index contributed by atoms with van der Waals surface area (Å²) in [4.78, 5) is 0. The van der Waals surface area contributed by atoms with Crippen LogP contribution in [0.3, 0.4) is 0 Å². The summed E-state index contributed by atoms with van der Waals surface area (Å²) in [7, 11) is 0. The minimum absolute atomic E-state index is 0.266. The van der Waals surface area contributed by atoms with Gasteiger partial charge in [-0.15, -0.1) is 0 Å². The van der Waals surface area contributed by atoms with Crippen molar-refractivity contribution in [1.82, 2.24) is 0 Å². The predicted octanol–water partition coefficient (Wildman–Crippen LogP) is 4.94. The lowest BCUT2D eigenvalue weighted by Gasteiger charge is -2.28. The van der Waals surface area contributed by atoms with Crippen LogP contribution < -0.4 is 5.73 Å².